The van der Waals surface area contributed by atoms with Gasteiger partial charge in [0.15, 0.2) is 0 Å². The standard InChI is InChI=1S/C16H17BrClNO/c1-11(2)20-14-5-3-4-12(8-14)10-19-13-6-7-15(17)16(18)9-13/h3-9,11,19H,10H2,1-2H3. The Labute approximate surface area is 133 Å². The zero-order valence-corrected chi connectivity index (χ0v) is 13.8. The summed E-state index contributed by atoms with van der Waals surface area (Å²) in [6, 6.07) is 13.9. The molecule has 0 fully saturated rings. The summed E-state index contributed by atoms with van der Waals surface area (Å²) in [6.07, 6.45) is 0.184. The van der Waals surface area contributed by atoms with Crippen LogP contribution < -0.4 is 10.1 Å². The molecule has 2 nitrogen and oxygen atoms in total. The van der Waals surface area contributed by atoms with Crippen molar-refractivity contribution in [2.24, 2.45) is 0 Å². The van der Waals surface area contributed by atoms with Crippen LogP contribution in [0.4, 0.5) is 5.69 Å². The Morgan fingerprint density at radius 2 is 2.00 bits per heavy atom. The van der Waals surface area contributed by atoms with E-state index in [0.29, 0.717) is 5.02 Å². The number of hydrogen-bond donors (Lipinski definition) is 1. The number of halogens is 2. The molecule has 0 aliphatic carbocycles. The Bertz CT molecular complexity index is 586. The lowest BCUT2D eigenvalue weighted by atomic mass is 10.2. The smallest absolute Gasteiger partial charge is 0.120 e. The number of nitrogens with one attached hydrogen (secondary N) is 1. The Balaban J connectivity index is 2.01. The highest BCUT2D eigenvalue weighted by Crippen LogP contribution is 2.26. The molecule has 2 aromatic rings. The van der Waals surface area contributed by atoms with E-state index in [1.807, 2.05) is 50.2 Å². The summed E-state index contributed by atoms with van der Waals surface area (Å²) >= 11 is 9.45. The van der Waals surface area contributed by atoms with E-state index < -0.39 is 0 Å². The first-order chi connectivity index (χ1) is 9.54. The van der Waals surface area contributed by atoms with E-state index in [-0.39, 0.29) is 6.10 Å². The highest BCUT2D eigenvalue weighted by Gasteiger charge is 2.01. The van der Waals surface area contributed by atoms with Gasteiger partial charge >= 0.3 is 0 Å². The largest absolute Gasteiger partial charge is 0.491 e. The lowest BCUT2D eigenvalue weighted by molar-refractivity contribution is 0.242. The van der Waals surface area contributed by atoms with Gasteiger partial charge in [-0.25, -0.2) is 0 Å². The molecule has 0 atom stereocenters. The molecule has 0 saturated heterocycles. The van der Waals surface area contributed by atoms with Gasteiger partial charge in [0, 0.05) is 16.7 Å². The van der Waals surface area contributed by atoms with Crippen molar-refractivity contribution in [1.82, 2.24) is 0 Å². The van der Waals surface area contributed by atoms with Crippen molar-refractivity contribution in [3.8, 4) is 5.75 Å². The second kappa shape index (κ2) is 7.00. The van der Waals surface area contributed by atoms with Gasteiger partial charge in [0.25, 0.3) is 0 Å². The van der Waals surface area contributed by atoms with Gasteiger partial charge in [0.05, 0.1) is 11.1 Å². The van der Waals surface area contributed by atoms with Crippen LogP contribution in [0, 0.1) is 0 Å². The molecule has 2 aromatic carbocycles. The molecule has 0 aromatic heterocycles. The average Bonchev–Trinajstić information content (AvgIpc) is 2.40. The van der Waals surface area contributed by atoms with Crippen molar-refractivity contribution >= 4 is 33.2 Å². The van der Waals surface area contributed by atoms with Gasteiger partial charge in [-0.1, -0.05) is 23.7 Å². The molecule has 4 heteroatoms. The van der Waals surface area contributed by atoms with Gasteiger partial charge in [-0.05, 0) is 65.7 Å². The molecule has 0 radical (unpaired) electrons. The minimum atomic E-state index is 0.184. The molecule has 0 amide bonds. The molecule has 0 saturated carbocycles. The Hall–Kier alpha value is -1.19. The van der Waals surface area contributed by atoms with Crippen molar-refractivity contribution in [3.63, 3.8) is 0 Å². The van der Waals surface area contributed by atoms with Crippen molar-refractivity contribution in [2.45, 2.75) is 26.5 Å². The minimum Gasteiger partial charge on any atom is -0.491 e. The van der Waals surface area contributed by atoms with E-state index in [9.17, 15) is 0 Å². The third-order valence-electron chi connectivity index (χ3n) is 2.69. The maximum Gasteiger partial charge on any atom is 0.120 e. The fourth-order valence-electron chi connectivity index (χ4n) is 1.81. The summed E-state index contributed by atoms with van der Waals surface area (Å²) in [4.78, 5) is 0. The molecule has 0 aliphatic heterocycles. The number of rotatable bonds is 5. The van der Waals surface area contributed by atoms with Crippen molar-refractivity contribution in [2.75, 3.05) is 5.32 Å². The summed E-state index contributed by atoms with van der Waals surface area (Å²) in [6.45, 7) is 4.77. The van der Waals surface area contributed by atoms with Crippen LogP contribution in [0.1, 0.15) is 19.4 Å². The highest BCUT2D eigenvalue weighted by atomic mass is 79.9. The minimum absolute atomic E-state index is 0.184. The van der Waals surface area contributed by atoms with Gasteiger partial charge < -0.3 is 10.1 Å². The van der Waals surface area contributed by atoms with Crippen molar-refractivity contribution in [1.29, 1.82) is 0 Å². The summed E-state index contributed by atoms with van der Waals surface area (Å²) in [5, 5.41) is 4.05. The Morgan fingerprint density at radius 3 is 2.70 bits per heavy atom. The number of benzene rings is 2. The van der Waals surface area contributed by atoms with Crippen LogP contribution in [0.2, 0.25) is 5.02 Å². The first-order valence-corrected chi connectivity index (χ1v) is 7.66. The number of hydrogen-bond acceptors (Lipinski definition) is 2. The van der Waals surface area contributed by atoms with Gasteiger partial charge in [-0.2, -0.15) is 0 Å². The zero-order chi connectivity index (χ0) is 14.5. The summed E-state index contributed by atoms with van der Waals surface area (Å²) in [7, 11) is 0. The van der Waals surface area contributed by atoms with Crippen LogP contribution >= 0.6 is 27.5 Å². The molecule has 0 bridgehead atoms. The van der Waals surface area contributed by atoms with Gasteiger partial charge in [0.2, 0.25) is 0 Å². The highest BCUT2D eigenvalue weighted by molar-refractivity contribution is 9.10. The second-order valence-corrected chi connectivity index (χ2v) is 6.06. The van der Waals surface area contributed by atoms with E-state index in [1.165, 1.54) is 5.56 Å². The number of anilines is 1. The van der Waals surface area contributed by atoms with E-state index >= 15 is 0 Å². The topological polar surface area (TPSA) is 21.3 Å². The monoisotopic (exact) mass is 353 g/mol. The first kappa shape index (κ1) is 15.2. The van der Waals surface area contributed by atoms with Crippen LogP contribution in [0.15, 0.2) is 46.9 Å². The SMILES string of the molecule is CC(C)Oc1cccc(CNc2ccc(Br)c(Cl)c2)c1. The van der Waals surface area contributed by atoms with Gasteiger partial charge in [-0.15, -0.1) is 0 Å². The van der Waals surface area contributed by atoms with Crippen LogP contribution in [0.5, 0.6) is 5.75 Å². The molecule has 0 spiro atoms. The third-order valence-corrected chi connectivity index (χ3v) is 3.92. The van der Waals surface area contributed by atoms with Crippen LogP contribution in [-0.2, 0) is 6.54 Å². The van der Waals surface area contributed by atoms with Crippen molar-refractivity contribution in [3.05, 3.63) is 57.5 Å². The van der Waals surface area contributed by atoms with Crippen LogP contribution in [0.25, 0.3) is 0 Å². The summed E-state index contributed by atoms with van der Waals surface area (Å²) < 4.78 is 6.59. The van der Waals surface area contributed by atoms with Crippen LogP contribution in [-0.4, -0.2) is 6.10 Å². The molecule has 0 unspecified atom stereocenters. The van der Waals surface area contributed by atoms with Gasteiger partial charge in [-0.3, -0.25) is 0 Å². The molecule has 0 heterocycles. The Morgan fingerprint density at radius 1 is 1.20 bits per heavy atom. The summed E-state index contributed by atoms with van der Waals surface area (Å²) in [5.41, 5.74) is 2.16. The molecule has 0 aliphatic rings. The molecule has 2 rings (SSSR count). The lowest BCUT2D eigenvalue weighted by Gasteiger charge is -2.12. The van der Waals surface area contributed by atoms with E-state index in [2.05, 4.69) is 27.3 Å². The molecule has 106 valence electrons. The first-order valence-electron chi connectivity index (χ1n) is 6.49. The average molecular weight is 355 g/mol. The van der Waals surface area contributed by atoms with Crippen LogP contribution in [0.3, 0.4) is 0 Å². The molecular formula is C16H17BrClNO. The number of ether oxygens (including phenoxy) is 1. The molecular weight excluding hydrogens is 338 g/mol. The van der Waals surface area contributed by atoms with Gasteiger partial charge in [0.1, 0.15) is 5.75 Å². The van der Waals surface area contributed by atoms with E-state index in [0.717, 1.165) is 22.5 Å². The predicted molar refractivity (Wildman–Crippen MR) is 88.7 cm³/mol. The zero-order valence-electron chi connectivity index (χ0n) is 11.5. The van der Waals surface area contributed by atoms with E-state index in [4.69, 9.17) is 16.3 Å². The molecule has 20 heavy (non-hydrogen) atoms. The Kier molecular flexibility index (Phi) is 5.32. The van der Waals surface area contributed by atoms with E-state index in [1.54, 1.807) is 0 Å². The van der Waals surface area contributed by atoms with Crippen molar-refractivity contribution < 1.29 is 4.74 Å². The maximum atomic E-state index is 6.07. The second-order valence-electron chi connectivity index (χ2n) is 4.80. The fraction of sp³-hybridized carbons (Fsp3) is 0.250. The maximum absolute atomic E-state index is 6.07. The normalized spacial score (nSPS) is 10.7. The molecule has 1 N–H and O–H groups in total. The predicted octanol–water partition coefficient (Wildman–Crippen LogP) is 5.50. The summed E-state index contributed by atoms with van der Waals surface area (Å²) in [5.74, 6) is 0.896. The third kappa shape index (κ3) is 4.43. The fourth-order valence-corrected chi connectivity index (χ4v) is 2.24. The lowest BCUT2D eigenvalue weighted by Crippen LogP contribution is -2.06. The quantitative estimate of drug-likeness (QED) is 0.765.